The van der Waals surface area contributed by atoms with Crippen molar-refractivity contribution in [2.45, 2.75) is 19.3 Å². The SMILES string of the molecule is CC(CC(N)=S)c1cc(F)ccc1F. The second-order valence-electron chi connectivity index (χ2n) is 3.24. The zero-order valence-electron chi connectivity index (χ0n) is 7.76. The monoisotopic (exact) mass is 215 g/mol. The molecule has 0 aromatic heterocycles. The summed E-state index contributed by atoms with van der Waals surface area (Å²) in [5.41, 5.74) is 5.65. The van der Waals surface area contributed by atoms with E-state index in [1.165, 1.54) is 6.07 Å². The van der Waals surface area contributed by atoms with Gasteiger partial charge in [-0.05, 0) is 29.7 Å². The maximum atomic E-state index is 13.2. The minimum Gasteiger partial charge on any atom is -0.393 e. The van der Waals surface area contributed by atoms with Crippen molar-refractivity contribution in [1.82, 2.24) is 0 Å². The summed E-state index contributed by atoms with van der Waals surface area (Å²) in [5.74, 6) is -1.06. The lowest BCUT2D eigenvalue weighted by atomic mass is 9.97. The van der Waals surface area contributed by atoms with Crippen LogP contribution in [0.3, 0.4) is 0 Å². The van der Waals surface area contributed by atoms with E-state index in [4.69, 9.17) is 18.0 Å². The number of thiocarbonyl (C=S) groups is 1. The summed E-state index contributed by atoms with van der Waals surface area (Å²) in [6.07, 6.45) is 0.385. The summed E-state index contributed by atoms with van der Waals surface area (Å²) in [6.45, 7) is 1.76. The highest BCUT2D eigenvalue weighted by atomic mass is 32.1. The lowest BCUT2D eigenvalue weighted by molar-refractivity contribution is 0.571. The van der Waals surface area contributed by atoms with E-state index in [0.717, 1.165) is 12.1 Å². The van der Waals surface area contributed by atoms with Crippen LogP contribution >= 0.6 is 12.2 Å². The molecule has 1 atom stereocenters. The highest BCUT2D eigenvalue weighted by Crippen LogP contribution is 2.22. The first-order chi connectivity index (χ1) is 6.50. The molecule has 1 aromatic carbocycles. The molecular weight excluding hydrogens is 204 g/mol. The van der Waals surface area contributed by atoms with Gasteiger partial charge in [0.05, 0.1) is 4.99 Å². The molecule has 76 valence electrons. The van der Waals surface area contributed by atoms with Crippen molar-refractivity contribution >= 4 is 17.2 Å². The standard InChI is InChI=1S/C10H11F2NS/c1-6(4-10(13)14)8-5-7(11)2-3-9(8)12/h2-3,5-6H,4H2,1H3,(H2,13,14). The third kappa shape index (κ3) is 2.73. The van der Waals surface area contributed by atoms with E-state index in [9.17, 15) is 8.78 Å². The number of hydrogen-bond acceptors (Lipinski definition) is 1. The van der Waals surface area contributed by atoms with Gasteiger partial charge in [-0.2, -0.15) is 0 Å². The van der Waals surface area contributed by atoms with Gasteiger partial charge in [0.15, 0.2) is 0 Å². The summed E-state index contributed by atoms with van der Waals surface area (Å²) < 4.78 is 26.0. The van der Waals surface area contributed by atoms with Crippen LogP contribution in [0.5, 0.6) is 0 Å². The lowest BCUT2D eigenvalue weighted by Crippen LogP contribution is -2.12. The second kappa shape index (κ2) is 4.46. The van der Waals surface area contributed by atoms with E-state index in [0.29, 0.717) is 17.0 Å². The van der Waals surface area contributed by atoms with Crippen molar-refractivity contribution in [1.29, 1.82) is 0 Å². The third-order valence-electron chi connectivity index (χ3n) is 2.00. The predicted octanol–water partition coefficient (Wildman–Crippen LogP) is 2.74. The van der Waals surface area contributed by atoms with Gasteiger partial charge < -0.3 is 5.73 Å². The number of nitrogens with two attached hydrogens (primary N) is 1. The Morgan fingerprint density at radius 2 is 2.14 bits per heavy atom. The minimum atomic E-state index is -0.448. The van der Waals surface area contributed by atoms with Gasteiger partial charge in [0.1, 0.15) is 11.6 Å². The van der Waals surface area contributed by atoms with Crippen LogP contribution in [0.1, 0.15) is 24.8 Å². The molecule has 0 aliphatic heterocycles. The summed E-state index contributed by atoms with van der Waals surface area (Å²) >= 11 is 4.71. The number of halogens is 2. The summed E-state index contributed by atoms with van der Waals surface area (Å²) in [4.78, 5) is 0.307. The lowest BCUT2D eigenvalue weighted by Gasteiger charge is -2.11. The normalized spacial score (nSPS) is 12.5. The first-order valence-corrected chi connectivity index (χ1v) is 4.64. The highest BCUT2D eigenvalue weighted by Gasteiger charge is 2.12. The van der Waals surface area contributed by atoms with E-state index in [2.05, 4.69) is 0 Å². The van der Waals surface area contributed by atoms with Crippen LogP contribution in [0, 0.1) is 11.6 Å². The summed E-state index contributed by atoms with van der Waals surface area (Å²) in [5, 5.41) is 0. The Bertz CT molecular complexity index is 352. The maximum Gasteiger partial charge on any atom is 0.126 e. The van der Waals surface area contributed by atoms with Gasteiger partial charge in [-0.15, -0.1) is 0 Å². The van der Waals surface area contributed by atoms with Crippen molar-refractivity contribution in [2.24, 2.45) is 5.73 Å². The Hall–Kier alpha value is -1.03. The average molecular weight is 215 g/mol. The van der Waals surface area contributed by atoms with E-state index in [1.807, 2.05) is 0 Å². The fourth-order valence-electron chi connectivity index (χ4n) is 1.30. The Labute approximate surface area is 86.9 Å². The van der Waals surface area contributed by atoms with Gasteiger partial charge in [-0.3, -0.25) is 0 Å². The number of hydrogen-bond donors (Lipinski definition) is 1. The van der Waals surface area contributed by atoms with E-state index < -0.39 is 11.6 Å². The molecule has 1 aromatic rings. The minimum absolute atomic E-state index is 0.191. The number of benzene rings is 1. The van der Waals surface area contributed by atoms with Crippen LogP contribution in [0.25, 0.3) is 0 Å². The largest absolute Gasteiger partial charge is 0.393 e. The highest BCUT2D eigenvalue weighted by molar-refractivity contribution is 7.80. The Morgan fingerprint density at radius 1 is 1.50 bits per heavy atom. The fraction of sp³-hybridized carbons (Fsp3) is 0.300. The molecule has 0 saturated heterocycles. The predicted molar refractivity (Wildman–Crippen MR) is 56.2 cm³/mol. The molecule has 0 aliphatic rings. The third-order valence-corrected chi connectivity index (χ3v) is 2.16. The molecule has 2 N–H and O–H groups in total. The molecule has 1 unspecified atom stereocenters. The van der Waals surface area contributed by atoms with Crippen molar-refractivity contribution < 1.29 is 8.78 Å². The van der Waals surface area contributed by atoms with Gasteiger partial charge in [0, 0.05) is 6.42 Å². The molecule has 0 heterocycles. The van der Waals surface area contributed by atoms with Crippen LogP contribution in [0.4, 0.5) is 8.78 Å². The van der Waals surface area contributed by atoms with Crippen molar-refractivity contribution in [3.05, 3.63) is 35.4 Å². The molecule has 0 fully saturated rings. The topological polar surface area (TPSA) is 26.0 Å². The average Bonchev–Trinajstić information content (AvgIpc) is 2.08. The Kier molecular flexibility index (Phi) is 3.52. The molecule has 1 nitrogen and oxygen atoms in total. The molecule has 0 aliphatic carbocycles. The van der Waals surface area contributed by atoms with Gasteiger partial charge >= 0.3 is 0 Å². The maximum absolute atomic E-state index is 13.2. The van der Waals surface area contributed by atoms with Crippen LogP contribution < -0.4 is 5.73 Å². The molecule has 4 heteroatoms. The van der Waals surface area contributed by atoms with Gasteiger partial charge in [0.2, 0.25) is 0 Å². The van der Waals surface area contributed by atoms with E-state index in [1.54, 1.807) is 6.92 Å². The van der Waals surface area contributed by atoms with Crippen LogP contribution in [-0.4, -0.2) is 4.99 Å². The zero-order valence-corrected chi connectivity index (χ0v) is 8.57. The van der Waals surface area contributed by atoms with Crippen molar-refractivity contribution in [3.63, 3.8) is 0 Å². The Morgan fingerprint density at radius 3 is 2.71 bits per heavy atom. The zero-order chi connectivity index (χ0) is 10.7. The van der Waals surface area contributed by atoms with E-state index in [-0.39, 0.29) is 5.92 Å². The summed E-state index contributed by atoms with van der Waals surface area (Å²) in [7, 11) is 0. The quantitative estimate of drug-likeness (QED) is 0.784. The van der Waals surface area contributed by atoms with Crippen LogP contribution in [0.15, 0.2) is 18.2 Å². The van der Waals surface area contributed by atoms with Crippen LogP contribution in [-0.2, 0) is 0 Å². The molecule has 0 radical (unpaired) electrons. The second-order valence-corrected chi connectivity index (χ2v) is 3.76. The van der Waals surface area contributed by atoms with Crippen molar-refractivity contribution in [3.8, 4) is 0 Å². The molecule has 0 spiro atoms. The Balaban J connectivity index is 2.93. The van der Waals surface area contributed by atoms with Crippen LogP contribution in [0.2, 0.25) is 0 Å². The molecule has 0 amide bonds. The fourth-order valence-corrected chi connectivity index (χ4v) is 1.55. The molecule has 0 saturated carbocycles. The molecule has 14 heavy (non-hydrogen) atoms. The molecular formula is C10H11F2NS. The summed E-state index contributed by atoms with van der Waals surface area (Å²) in [6, 6.07) is 3.38. The van der Waals surface area contributed by atoms with Gasteiger partial charge in [-0.25, -0.2) is 8.78 Å². The van der Waals surface area contributed by atoms with Gasteiger partial charge in [-0.1, -0.05) is 19.1 Å². The first kappa shape index (κ1) is 11.0. The molecule has 1 rings (SSSR count). The van der Waals surface area contributed by atoms with Gasteiger partial charge in [0.25, 0.3) is 0 Å². The smallest absolute Gasteiger partial charge is 0.126 e. The number of rotatable bonds is 3. The first-order valence-electron chi connectivity index (χ1n) is 4.24. The molecule has 0 bridgehead atoms. The van der Waals surface area contributed by atoms with Crippen molar-refractivity contribution in [2.75, 3.05) is 0 Å². The van der Waals surface area contributed by atoms with E-state index >= 15 is 0 Å².